The molecule has 0 aromatic heterocycles. The predicted molar refractivity (Wildman–Crippen MR) is 182 cm³/mol. The summed E-state index contributed by atoms with van der Waals surface area (Å²) in [5, 5.41) is 5.06. The number of anilines is 2. The van der Waals surface area contributed by atoms with Crippen molar-refractivity contribution < 1.29 is 33.4 Å². The molecule has 0 saturated carbocycles. The normalized spacial score (nSPS) is 13.8. The van der Waals surface area contributed by atoms with Crippen LogP contribution < -0.4 is 29.7 Å². The summed E-state index contributed by atoms with van der Waals surface area (Å²) in [4.78, 5) is 52.6. The molecule has 46 heavy (non-hydrogen) atoms. The minimum atomic E-state index is -0.859. The highest BCUT2D eigenvalue weighted by Crippen LogP contribution is 2.35. The number of ether oxygens (including phenoxy) is 3. The fourth-order valence-electron chi connectivity index (χ4n) is 4.60. The maximum Gasteiger partial charge on any atom is 0.335 e. The second kappa shape index (κ2) is 14.7. The molecule has 2 N–H and O–H groups in total. The molecule has 0 unspecified atom stereocenters. The van der Waals surface area contributed by atoms with E-state index in [1.165, 1.54) is 6.08 Å². The quantitative estimate of drug-likeness (QED) is 0.106. The van der Waals surface area contributed by atoms with Crippen LogP contribution in [-0.4, -0.2) is 37.0 Å². The van der Waals surface area contributed by atoms with Gasteiger partial charge in [0.05, 0.1) is 15.9 Å². The standard InChI is InChI=1S/C35H30IN3O7/c1-3-44-30-19-24(18-28(36)32(30)46-21-31(40)37-29-12-8-7-9-22(29)2)17-27-33(41)38-35(43)39(34(27)42)25-13-15-26(16-14-25)45-20-23-10-5-4-6-11-23/h4-19H,3,20-21H2,1-2H3,(H,37,40)(H,38,41,43)/b27-17-. The van der Waals surface area contributed by atoms with Crippen LogP contribution >= 0.6 is 22.6 Å². The molecule has 0 spiro atoms. The van der Waals surface area contributed by atoms with Gasteiger partial charge in [0.15, 0.2) is 18.1 Å². The Morgan fingerprint density at radius 3 is 2.35 bits per heavy atom. The van der Waals surface area contributed by atoms with E-state index >= 15 is 0 Å². The molecule has 11 heteroatoms. The summed E-state index contributed by atoms with van der Waals surface area (Å²) in [5.41, 5.74) is 3.09. The molecule has 10 nitrogen and oxygen atoms in total. The van der Waals surface area contributed by atoms with Gasteiger partial charge in [-0.1, -0.05) is 48.5 Å². The fraction of sp³-hybridized carbons (Fsp3) is 0.143. The minimum Gasteiger partial charge on any atom is -0.490 e. The van der Waals surface area contributed by atoms with Crippen molar-refractivity contribution in [2.75, 3.05) is 23.4 Å². The van der Waals surface area contributed by atoms with Gasteiger partial charge in [0.1, 0.15) is 17.9 Å². The van der Waals surface area contributed by atoms with Crippen LogP contribution in [0.2, 0.25) is 0 Å². The third-order valence-corrected chi connectivity index (χ3v) is 7.66. The first-order chi connectivity index (χ1) is 22.2. The largest absolute Gasteiger partial charge is 0.490 e. The van der Waals surface area contributed by atoms with E-state index in [0.29, 0.717) is 45.3 Å². The van der Waals surface area contributed by atoms with Crippen LogP contribution in [0.1, 0.15) is 23.6 Å². The molecule has 1 saturated heterocycles. The molecule has 0 atom stereocenters. The van der Waals surface area contributed by atoms with Gasteiger partial charge in [0, 0.05) is 5.69 Å². The summed E-state index contributed by atoms with van der Waals surface area (Å²) < 4.78 is 18.0. The van der Waals surface area contributed by atoms with Crippen molar-refractivity contribution in [2.24, 2.45) is 0 Å². The summed E-state index contributed by atoms with van der Waals surface area (Å²) in [6, 6.07) is 25.9. The maximum absolute atomic E-state index is 13.5. The first-order valence-corrected chi connectivity index (χ1v) is 15.4. The number of aryl methyl sites for hydroxylation is 1. The zero-order valence-corrected chi connectivity index (χ0v) is 27.2. The third-order valence-electron chi connectivity index (χ3n) is 6.85. The van der Waals surface area contributed by atoms with Gasteiger partial charge in [0.2, 0.25) is 0 Å². The molecule has 0 aliphatic carbocycles. The Balaban J connectivity index is 1.32. The number of rotatable bonds is 11. The molecule has 5 rings (SSSR count). The minimum absolute atomic E-state index is 0.242. The second-order valence-corrected chi connectivity index (χ2v) is 11.3. The Morgan fingerprint density at radius 1 is 0.913 bits per heavy atom. The van der Waals surface area contributed by atoms with Gasteiger partial charge >= 0.3 is 6.03 Å². The summed E-state index contributed by atoms with van der Waals surface area (Å²) in [6.07, 6.45) is 1.38. The second-order valence-electron chi connectivity index (χ2n) is 10.1. The molecule has 0 bridgehead atoms. The molecule has 234 valence electrons. The van der Waals surface area contributed by atoms with Crippen LogP contribution in [0.25, 0.3) is 6.08 Å². The first-order valence-electron chi connectivity index (χ1n) is 14.4. The molecule has 4 aromatic carbocycles. The van der Waals surface area contributed by atoms with Crippen molar-refractivity contribution in [3.63, 3.8) is 0 Å². The van der Waals surface area contributed by atoms with E-state index in [0.717, 1.165) is 16.0 Å². The van der Waals surface area contributed by atoms with E-state index in [4.69, 9.17) is 14.2 Å². The van der Waals surface area contributed by atoms with E-state index in [-0.39, 0.29) is 23.8 Å². The van der Waals surface area contributed by atoms with Crippen molar-refractivity contribution >= 4 is 63.8 Å². The van der Waals surface area contributed by atoms with E-state index in [1.54, 1.807) is 49.4 Å². The molecule has 1 fully saturated rings. The number of carbonyl (C=O) groups excluding carboxylic acids is 4. The summed E-state index contributed by atoms with van der Waals surface area (Å²) >= 11 is 2.03. The Kier molecular flexibility index (Phi) is 10.3. The molecule has 0 radical (unpaired) electrons. The summed E-state index contributed by atoms with van der Waals surface area (Å²) in [5.74, 6) is -0.729. The number of carbonyl (C=O) groups is 4. The summed E-state index contributed by atoms with van der Waals surface area (Å²) in [7, 11) is 0. The number of para-hydroxylation sites is 1. The van der Waals surface area contributed by atoms with Crippen LogP contribution in [0.4, 0.5) is 16.2 Å². The average Bonchev–Trinajstić information content (AvgIpc) is 3.04. The molecule has 1 aliphatic heterocycles. The van der Waals surface area contributed by atoms with Crippen molar-refractivity contribution in [1.82, 2.24) is 5.32 Å². The molecular formula is C35H30IN3O7. The van der Waals surface area contributed by atoms with E-state index in [2.05, 4.69) is 10.6 Å². The first kappa shape index (κ1) is 32.2. The maximum atomic E-state index is 13.5. The number of imide groups is 2. The van der Waals surface area contributed by atoms with Crippen molar-refractivity contribution in [3.8, 4) is 17.2 Å². The third kappa shape index (κ3) is 7.72. The smallest absolute Gasteiger partial charge is 0.335 e. The number of benzene rings is 4. The van der Waals surface area contributed by atoms with Crippen molar-refractivity contribution in [3.05, 3.63) is 117 Å². The van der Waals surface area contributed by atoms with Crippen molar-refractivity contribution in [1.29, 1.82) is 0 Å². The lowest BCUT2D eigenvalue weighted by Crippen LogP contribution is -2.54. The lowest BCUT2D eigenvalue weighted by atomic mass is 10.1. The number of hydrogen-bond acceptors (Lipinski definition) is 7. The monoisotopic (exact) mass is 731 g/mol. The van der Waals surface area contributed by atoms with Gasteiger partial charge < -0.3 is 19.5 Å². The van der Waals surface area contributed by atoms with E-state index < -0.39 is 17.8 Å². The summed E-state index contributed by atoms with van der Waals surface area (Å²) in [6.45, 7) is 4.09. The number of urea groups is 1. The zero-order chi connectivity index (χ0) is 32.6. The highest BCUT2D eigenvalue weighted by atomic mass is 127. The van der Waals surface area contributed by atoms with Crippen LogP contribution in [-0.2, 0) is 21.0 Å². The van der Waals surface area contributed by atoms with Crippen LogP contribution in [0.3, 0.4) is 0 Å². The van der Waals surface area contributed by atoms with Gasteiger partial charge in [0.25, 0.3) is 17.7 Å². The average molecular weight is 732 g/mol. The number of nitrogens with zero attached hydrogens (tertiary/aromatic N) is 1. The van der Waals surface area contributed by atoms with Crippen LogP contribution in [0, 0.1) is 10.5 Å². The van der Waals surface area contributed by atoms with E-state index in [1.807, 2.05) is 78.0 Å². The highest BCUT2D eigenvalue weighted by molar-refractivity contribution is 14.1. The molecule has 4 aromatic rings. The van der Waals surface area contributed by atoms with Crippen molar-refractivity contribution in [2.45, 2.75) is 20.5 Å². The Morgan fingerprint density at radius 2 is 1.63 bits per heavy atom. The van der Waals surface area contributed by atoms with Gasteiger partial charge in [-0.05, 0) is 102 Å². The molecular weight excluding hydrogens is 701 g/mol. The SMILES string of the molecule is CCOc1cc(/C=C2/C(=O)NC(=O)N(c3ccc(OCc4ccccc4)cc3)C2=O)cc(I)c1OCC(=O)Nc1ccccc1C. The Hall–Kier alpha value is -5.17. The number of amides is 5. The molecule has 5 amide bonds. The van der Waals surface area contributed by atoms with E-state index in [9.17, 15) is 19.2 Å². The van der Waals surface area contributed by atoms with Gasteiger partial charge in [-0.2, -0.15) is 0 Å². The number of halogens is 1. The van der Waals surface area contributed by atoms with Crippen LogP contribution in [0.5, 0.6) is 17.2 Å². The van der Waals surface area contributed by atoms with Gasteiger partial charge in [-0.15, -0.1) is 0 Å². The van der Waals surface area contributed by atoms with Gasteiger partial charge in [-0.25, -0.2) is 9.69 Å². The topological polar surface area (TPSA) is 123 Å². The highest BCUT2D eigenvalue weighted by Gasteiger charge is 2.37. The molecule has 1 aliphatic rings. The Labute approximate surface area is 279 Å². The lowest BCUT2D eigenvalue weighted by Gasteiger charge is -2.26. The zero-order valence-electron chi connectivity index (χ0n) is 25.0. The number of barbiturate groups is 1. The number of hydrogen-bond donors (Lipinski definition) is 2. The van der Waals surface area contributed by atoms with Gasteiger partial charge in [-0.3, -0.25) is 19.7 Å². The fourth-order valence-corrected chi connectivity index (χ4v) is 5.38. The Bertz CT molecular complexity index is 1810. The predicted octanol–water partition coefficient (Wildman–Crippen LogP) is 6.26. The van der Waals surface area contributed by atoms with Crippen LogP contribution in [0.15, 0.2) is 96.6 Å². The number of nitrogens with one attached hydrogen (secondary N) is 2. The molecule has 1 heterocycles. The lowest BCUT2D eigenvalue weighted by molar-refractivity contribution is -0.122.